The van der Waals surface area contributed by atoms with Gasteiger partial charge in [0.05, 0.1) is 22.8 Å². The molecule has 158 valence electrons. The van der Waals surface area contributed by atoms with E-state index in [0.29, 0.717) is 6.42 Å². The number of aromatic amines is 1. The molecule has 8 nitrogen and oxygen atoms in total. The Balaban J connectivity index is 1.48. The van der Waals surface area contributed by atoms with Gasteiger partial charge in [0.15, 0.2) is 11.9 Å². The lowest BCUT2D eigenvalue weighted by Gasteiger charge is -2.05. The molecular weight excluding hydrogens is 400 g/mol. The number of H-pyrrole nitrogens is 1. The minimum atomic E-state index is 0.0413. The molecule has 0 unspecified atom stereocenters. The van der Waals surface area contributed by atoms with Gasteiger partial charge in [-0.05, 0) is 59.2 Å². The fourth-order valence-electron chi connectivity index (χ4n) is 3.98. The lowest BCUT2D eigenvalue weighted by Crippen LogP contribution is -2.21. The van der Waals surface area contributed by atoms with E-state index in [4.69, 9.17) is 27.9 Å². The van der Waals surface area contributed by atoms with Crippen molar-refractivity contribution in [1.82, 2.24) is 4.98 Å². The van der Waals surface area contributed by atoms with Crippen LogP contribution in [0.1, 0.15) is 11.1 Å². The van der Waals surface area contributed by atoms with E-state index in [9.17, 15) is 0 Å². The number of benzene rings is 3. The van der Waals surface area contributed by atoms with Gasteiger partial charge in [0, 0.05) is 29.1 Å². The van der Waals surface area contributed by atoms with Gasteiger partial charge < -0.3 is 27.9 Å². The van der Waals surface area contributed by atoms with E-state index in [1.54, 1.807) is 0 Å². The van der Waals surface area contributed by atoms with Crippen molar-refractivity contribution in [2.24, 2.45) is 37.9 Å². The lowest BCUT2D eigenvalue weighted by molar-refractivity contribution is 1.35. The first kappa shape index (κ1) is 19.4. The number of nitrogens with zero attached hydrogens (tertiary/aromatic N) is 3. The maximum absolute atomic E-state index is 5.51. The maximum Gasteiger partial charge on any atom is 0.191 e. The molecule has 0 fully saturated rings. The molecule has 0 radical (unpaired) electrons. The van der Waals surface area contributed by atoms with Crippen LogP contribution >= 0.6 is 0 Å². The summed E-state index contributed by atoms with van der Waals surface area (Å²) < 4.78 is 0. The van der Waals surface area contributed by atoms with Crippen LogP contribution in [-0.4, -0.2) is 22.6 Å². The summed E-state index contributed by atoms with van der Waals surface area (Å²) in [6.45, 7) is 0. The van der Waals surface area contributed by atoms with E-state index in [1.807, 2.05) is 48.7 Å². The molecular formula is C24H22N8. The molecule has 3 aromatic carbocycles. The van der Waals surface area contributed by atoms with Gasteiger partial charge >= 0.3 is 0 Å². The van der Waals surface area contributed by atoms with Gasteiger partial charge in [-0.2, -0.15) is 0 Å². The number of rotatable bonds is 4. The summed E-state index contributed by atoms with van der Waals surface area (Å²) in [7, 11) is 0. The summed E-state index contributed by atoms with van der Waals surface area (Å²) in [4.78, 5) is 16.4. The lowest BCUT2D eigenvalue weighted by atomic mass is 9.99. The van der Waals surface area contributed by atoms with E-state index in [2.05, 4.69) is 33.2 Å². The number of aliphatic imine (C=N–C) groups is 3. The number of nitrogens with one attached hydrogen (secondary N) is 1. The Morgan fingerprint density at radius 1 is 0.781 bits per heavy atom. The minimum absolute atomic E-state index is 0.0413. The Morgan fingerprint density at radius 3 is 2.22 bits per heavy atom. The SMILES string of the molecule is NC(N)=Nc1ccc(-c2ccc3[nH]cc(C4=Nc5ccc(N=C(N)N)cc5C4)c3c2)cc1. The molecule has 0 atom stereocenters. The van der Waals surface area contributed by atoms with E-state index >= 15 is 0 Å². The standard InChI is InChI=1S/C24H22N8/c25-23(26)30-16-4-1-13(2-5-16)14-3-7-21-18(10-14)19(12-29-21)22-11-15-9-17(31-24(27)28)6-8-20(15)32-22/h1-10,12,29H,11H2,(H4,25,26,30)(H4,27,28,31). The zero-order chi connectivity index (χ0) is 22.2. The second-order valence-electron chi connectivity index (χ2n) is 7.63. The van der Waals surface area contributed by atoms with Crippen molar-refractivity contribution in [1.29, 1.82) is 0 Å². The molecule has 32 heavy (non-hydrogen) atoms. The monoisotopic (exact) mass is 422 g/mol. The van der Waals surface area contributed by atoms with Crippen molar-refractivity contribution in [2.45, 2.75) is 6.42 Å². The highest BCUT2D eigenvalue weighted by Crippen LogP contribution is 2.35. The summed E-state index contributed by atoms with van der Waals surface area (Å²) in [5.41, 5.74) is 30.7. The Bertz CT molecular complexity index is 1420. The van der Waals surface area contributed by atoms with Crippen LogP contribution in [0.5, 0.6) is 0 Å². The average molecular weight is 422 g/mol. The Morgan fingerprint density at radius 2 is 1.47 bits per heavy atom. The molecule has 0 saturated carbocycles. The third-order valence-electron chi connectivity index (χ3n) is 5.39. The van der Waals surface area contributed by atoms with Crippen molar-refractivity contribution < 1.29 is 0 Å². The van der Waals surface area contributed by atoms with Gasteiger partial charge in [-0.15, -0.1) is 0 Å². The van der Waals surface area contributed by atoms with E-state index in [-0.39, 0.29) is 11.9 Å². The van der Waals surface area contributed by atoms with Gasteiger partial charge in [-0.3, -0.25) is 4.99 Å². The van der Waals surface area contributed by atoms with Gasteiger partial charge in [0.2, 0.25) is 0 Å². The smallest absolute Gasteiger partial charge is 0.191 e. The van der Waals surface area contributed by atoms with Crippen LogP contribution in [0.25, 0.3) is 22.0 Å². The van der Waals surface area contributed by atoms with Crippen LogP contribution in [0.2, 0.25) is 0 Å². The third-order valence-corrected chi connectivity index (χ3v) is 5.39. The van der Waals surface area contributed by atoms with Crippen LogP contribution < -0.4 is 22.9 Å². The molecule has 8 heteroatoms. The van der Waals surface area contributed by atoms with E-state index in [0.717, 1.165) is 55.9 Å². The number of aromatic nitrogens is 1. The average Bonchev–Trinajstić information content (AvgIpc) is 3.36. The second-order valence-corrected chi connectivity index (χ2v) is 7.63. The molecule has 4 aromatic rings. The van der Waals surface area contributed by atoms with Gasteiger partial charge in [-0.25, -0.2) is 9.98 Å². The van der Waals surface area contributed by atoms with E-state index < -0.39 is 0 Å². The summed E-state index contributed by atoms with van der Waals surface area (Å²) in [5.74, 6) is 0.0828. The molecule has 0 amide bonds. The number of guanidine groups is 2. The largest absolute Gasteiger partial charge is 0.370 e. The number of hydrogen-bond acceptors (Lipinski definition) is 3. The van der Waals surface area contributed by atoms with Crippen LogP contribution in [0.15, 0.2) is 81.8 Å². The highest BCUT2D eigenvalue weighted by Gasteiger charge is 2.19. The second kappa shape index (κ2) is 7.59. The first-order valence-electron chi connectivity index (χ1n) is 10.1. The molecule has 1 aromatic heterocycles. The molecule has 1 aliphatic rings. The predicted molar refractivity (Wildman–Crippen MR) is 131 cm³/mol. The fourth-order valence-corrected chi connectivity index (χ4v) is 3.98. The third kappa shape index (κ3) is 3.65. The van der Waals surface area contributed by atoms with Crippen LogP contribution in [-0.2, 0) is 6.42 Å². The van der Waals surface area contributed by atoms with Crippen molar-refractivity contribution in [3.05, 3.63) is 78.0 Å². The van der Waals surface area contributed by atoms with Gasteiger partial charge in [0.25, 0.3) is 0 Å². The number of fused-ring (bicyclic) bond motifs is 2. The Labute approximate surface area is 184 Å². The molecule has 0 spiro atoms. The molecule has 0 aliphatic carbocycles. The highest BCUT2D eigenvalue weighted by molar-refractivity contribution is 6.15. The first-order valence-corrected chi connectivity index (χ1v) is 10.1. The van der Waals surface area contributed by atoms with Crippen molar-refractivity contribution >= 4 is 45.6 Å². The van der Waals surface area contributed by atoms with Crippen LogP contribution in [0.3, 0.4) is 0 Å². The summed E-state index contributed by atoms with van der Waals surface area (Å²) in [6.07, 6.45) is 2.73. The van der Waals surface area contributed by atoms with E-state index in [1.165, 1.54) is 0 Å². The molecule has 1 aliphatic heterocycles. The molecule has 9 N–H and O–H groups in total. The fraction of sp³-hybridized carbons (Fsp3) is 0.0417. The number of nitrogens with two attached hydrogens (primary N) is 4. The first-order chi connectivity index (χ1) is 15.5. The van der Waals surface area contributed by atoms with Gasteiger partial charge in [0.1, 0.15) is 0 Å². The zero-order valence-corrected chi connectivity index (χ0v) is 17.2. The molecule has 0 saturated heterocycles. The Hall–Kier alpha value is -4.59. The van der Waals surface area contributed by atoms with Crippen molar-refractivity contribution in [3.63, 3.8) is 0 Å². The zero-order valence-electron chi connectivity index (χ0n) is 17.2. The maximum atomic E-state index is 5.51. The number of hydrogen-bond donors (Lipinski definition) is 5. The van der Waals surface area contributed by atoms with Crippen LogP contribution in [0, 0.1) is 0 Å². The van der Waals surface area contributed by atoms with Gasteiger partial charge in [-0.1, -0.05) is 18.2 Å². The molecule has 2 heterocycles. The molecule has 0 bridgehead atoms. The highest BCUT2D eigenvalue weighted by atomic mass is 15.0. The summed E-state index contributed by atoms with van der Waals surface area (Å²) in [5, 5.41) is 1.12. The Kier molecular flexibility index (Phi) is 4.59. The predicted octanol–water partition coefficient (Wildman–Crippen LogP) is 3.32. The van der Waals surface area contributed by atoms with Crippen molar-refractivity contribution in [2.75, 3.05) is 0 Å². The van der Waals surface area contributed by atoms with Crippen molar-refractivity contribution in [3.8, 4) is 11.1 Å². The minimum Gasteiger partial charge on any atom is -0.370 e. The topological polar surface area (TPSA) is 157 Å². The van der Waals surface area contributed by atoms with Crippen LogP contribution in [0.4, 0.5) is 17.1 Å². The summed E-state index contributed by atoms with van der Waals surface area (Å²) >= 11 is 0. The quantitative estimate of drug-likeness (QED) is 0.252. The molecule has 5 rings (SSSR count). The summed E-state index contributed by atoms with van der Waals surface area (Å²) in [6, 6.07) is 19.9. The normalized spacial score (nSPS) is 12.3.